The summed E-state index contributed by atoms with van der Waals surface area (Å²) < 4.78 is 33.9. The summed E-state index contributed by atoms with van der Waals surface area (Å²) in [7, 11) is 0. The van der Waals surface area contributed by atoms with Crippen molar-refractivity contribution in [2.24, 2.45) is 46.3 Å². The van der Waals surface area contributed by atoms with Crippen LogP contribution >= 0.6 is 0 Å². The Kier molecular flexibility index (Phi) is 14.2. The van der Waals surface area contributed by atoms with Gasteiger partial charge >= 0.3 is 0 Å². The second-order valence-electron chi connectivity index (χ2n) is 20.2. The number of rotatable bonds is 17. The van der Waals surface area contributed by atoms with E-state index >= 15 is 0 Å². The average Bonchev–Trinajstić information content (AvgIpc) is 3.61. The lowest BCUT2D eigenvalue weighted by Crippen LogP contribution is -2.54. The lowest BCUT2D eigenvalue weighted by atomic mass is 9.47. The van der Waals surface area contributed by atoms with Crippen LogP contribution in [0, 0.1) is 46.3 Å². The third-order valence-corrected chi connectivity index (χ3v) is 16.1. The largest absolute Gasteiger partial charge is 0.374 e. The van der Waals surface area contributed by atoms with Crippen LogP contribution in [-0.2, 0) is 43.5 Å². The number of hydrogen-bond donors (Lipinski definition) is 0. The molecule has 3 saturated carbocycles. The summed E-state index contributed by atoms with van der Waals surface area (Å²) in [6.07, 6.45) is 16.6. The lowest BCUT2D eigenvalue weighted by molar-refractivity contribution is -0.290. The zero-order valence-corrected chi connectivity index (χ0v) is 36.9. The van der Waals surface area contributed by atoms with Crippen LogP contribution in [0.2, 0.25) is 0 Å². The molecule has 5 heteroatoms. The molecule has 320 valence electrons. The van der Waals surface area contributed by atoms with Gasteiger partial charge in [0.1, 0.15) is 12.2 Å². The highest BCUT2D eigenvalue weighted by Crippen LogP contribution is 2.67. The van der Waals surface area contributed by atoms with Gasteiger partial charge in [-0.25, -0.2) is 0 Å². The van der Waals surface area contributed by atoms with Crippen LogP contribution in [0.1, 0.15) is 128 Å². The Balaban J connectivity index is 0.949. The molecular formula is C54H74O5. The summed E-state index contributed by atoms with van der Waals surface area (Å²) in [6, 6.07) is 31.2. The van der Waals surface area contributed by atoms with Gasteiger partial charge in [0.2, 0.25) is 0 Å². The highest BCUT2D eigenvalue weighted by atomic mass is 16.7. The fourth-order valence-corrected chi connectivity index (χ4v) is 12.9. The summed E-state index contributed by atoms with van der Waals surface area (Å²) in [4.78, 5) is 0. The smallest absolute Gasteiger partial charge is 0.161 e. The molecule has 0 N–H and O–H groups in total. The van der Waals surface area contributed by atoms with Gasteiger partial charge < -0.3 is 23.7 Å². The van der Waals surface area contributed by atoms with Crippen LogP contribution in [0.15, 0.2) is 103 Å². The molecule has 1 heterocycles. The minimum atomic E-state index is -0.391. The second kappa shape index (κ2) is 19.5. The van der Waals surface area contributed by atoms with E-state index in [0.29, 0.717) is 38.3 Å². The summed E-state index contributed by atoms with van der Waals surface area (Å²) in [5, 5.41) is 0. The summed E-state index contributed by atoms with van der Waals surface area (Å²) in [5.41, 5.74) is 5.88. The van der Waals surface area contributed by atoms with Crippen molar-refractivity contribution in [2.75, 3.05) is 6.61 Å². The molecule has 8 rings (SSSR count). The normalized spacial score (nSPS) is 34.7. The van der Waals surface area contributed by atoms with Crippen LogP contribution in [0.3, 0.4) is 0 Å². The predicted molar refractivity (Wildman–Crippen MR) is 237 cm³/mol. The maximum atomic E-state index is 7.07. The summed E-state index contributed by atoms with van der Waals surface area (Å²) in [6.45, 7) is 14.6. The molecule has 1 aliphatic heterocycles. The first kappa shape index (κ1) is 42.9. The van der Waals surface area contributed by atoms with Gasteiger partial charge in [0.25, 0.3) is 0 Å². The first-order chi connectivity index (χ1) is 28.7. The van der Waals surface area contributed by atoms with Crippen molar-refractivity contribution in [1.82, 2.24) is 0 Å². The second-order valence-corrected chi connectivity index (χ2v) is 20.2. The molecule has 0 bridgehead atoms. The van der Waals surface area contributed by atoms with E-state index in [0.717, 1.165) is 65.0 Å². The number of allylic oxidation sites excluding steroid dienone is 1. The molecule has 0 aromatic heterocycles. The van der Waals surface area contributed by atoms with E-state index in [1.807, 2.05) is 12.1 Å². The Labute approximate surface area is 357 Å². The molecule has 5 aliphatic rings. The average molecular weight is 803 g/mol. The summed E-state index contributed by atoms with van der Waals surface area (Å²) >= 11 is 0. The van der Waals surface area contributed by atoms with Gasteiger partial charge in [-0.05, 0) is 114 Å². The molecule has 0 amide bonds. The number of ether oxygens (including phenoxy) is 5. The molecule has 0 unspecified atom stereocenters. The monoisotopic (exact) mass is 803 g/mol. The molecule has 4 aliphatic carbocycles. The van der Waals surface area contributed by atoms with Crippen molar-refractivity contribution < 1.29 is 23.7 Å². The molecule has 3 aromatic rings. The molecule has 5 nitrogen and oxygen atoms in total. The van der Waals surface area contributed by atoms with Crippen LogP contribution in [0.5, 0.6) is 0 Å². The SMILES string of the molecule is CC(C)CCC[C@@H](C)[C@H]1CC[C@H]2[C@@H]3CC=C4C[C@@H](O[C@@H]5C[C@@H](OCc6ccccc6)[C@H](OCc6ccccc6)[C@@H](COCc6ccccc6)O5)CC[C@]4(C)[C@H]3CC[C@]12C. The van der Waals surface area contributed by atoms with Gasteiger partial charge in [-0.1, -0.05) is 157 Å². The highest BCUT2D eigenvalue weighted by Gasteiger charge is 2.59. The first-order valence-corrected chi connectivity index (χ1v) is 23.6. The molecule has 3 aromatic carbocycles. The minimum Gasteiger partial charge on any atom is -0.374 e. The Morgan fingerprint density at radius 2 is 1.37 bits per heavy atom. The number of fused-ring (bicyclic) bond motifs is 5. The highest BCUT2D eigenvalue weighted by molar-refractivity contribution is 5.26. The fourth-order valence-electron chi connectivity index (χ4n) is 12.9. The third kappa shape index (κ3) is 9.97. The zero-order valence-electron chi connectivity index (χ0n) is 36.9. The van der Waals surface area contributed by atoms with Crippen molar-refractivity contribution in [2.45, 2.75) is 162 Å². The van der Waals surface area contributed by atoms with Gasteiger partial charge in [0.15, 0.2) is 6.29 Å². The van der Waals surface area contributed by atoms with Crippen molar-refractivity contribution >= 4 is 0 Å². The van der Waals surface area contributed by atoms with Crippen LogP contribution in [-0.4, -0.2) is 37.3 Å². The predicted octanol–water partition coefficient (Wildman–Crippen LogP) is 12.9. The Hall–Kier alpha value is -2.80. The number of benzene rings is 3. The fraction of sp³-hybridized carbons (Fsp3) is 0.630. The van der Waals surface area contributed by atoms with E-state index in [1.165, 1.54) is 57.8 Å². The lowest BCUT2D eigenvalue weighted by Gasteiger charge is -2.58. The van der Waals surface area contributed by atoms with E-state index in [4.69, 9.17) is 23.7 Å². The van der Waals surface area contributed by atoms with E-state index < -0.39 is 6.29 Å². The van der Waals surface area contributed by atoms with Gasteiger partial charge in [-0.15, -0.1) is 0 Å². The number of hydrogen-bond acceptors (Lipinski definition) is 5. The maximum Gasteiger partial charge on any atom is 0.161 e. The molecule has 12 atom stereocenters. The van der Waals surface area contributed by atoms with Crippen LogP contribution in [0.4, 0.5) is 0 Å². The van der Waals surface area contributed by atoms with E-state index in [9.17, 15) is 0 Å². The molecule has 0 radical (unpaired) electrons. The quantitative estimate of drug-likeness (QED) is 0.127. The molecular weight excluding hydrogens is 729 g/mol. The molecule has 1 saturated heterocycles. The van der Waals surface area contributed by atoms with Gasteiger partial charge in [-0.2, -0.15) is 0 Å². The van der Waals surface area contributed by atoms with Gasteiger partial charge in [-0.3, -0.25) is 0 Å². The van der Waals surface area contributed by atoms with Crippen molar-refractivity contribution in [3.05, 3.63) is 119 Å². The Morgan fingerprint density at radius 3 is 2.05 bits per heavy atom. The topological polar surface area (TPSA) is 46.2 Å². The third-order valence-electron chi connectivity index (χ3n) is 16.1. The van der Waals surface area contributed by atoms with E-state index in [1.54, 1.807) is 5.57 Å². The standard InChI is InChI=1S/C54H74O5/c1-38(2)16-15-17-39(3)46-26-27-47-45-25-24-43-32-44(28-30-53(43,4)48(45)29-31-54(46,47)5)58-51-33-49(56-35-41-20-11-7-12-21-41)52(57-36-42-22-13-8-14-23-42)50(59-51)37-55-34-40-18-9-6-10-19-40/h6-14,18-24,38-39,44-52H,15-17,25-37H2,1-5H3/t39-,44+,45+,46-,47+,48+,49-,50-,51+,52+,53+,54-/m1/s1. The first-order valence-electron chi connectivity index (χ1n) is 23.6. The van der Waals surface area contributed by atoms with Crippen molar-refractivity contribution in [3.8, 4) is 0 Å². The van der Waals surface area contributed by atoms with E-state index in [-0.39, 0.29) is 29.8 Å². The van der Waals surface area contributed by atoms with Crippen LogP contribution < -0.4 is 0 Å². The maximum absolute atomic E-state index is 7.07. The summed E-state index contributed by atoms with van der Waals surface area (Å²) in [5.74, 6) is 5.08. The zero-order chi connectivity index (χ0) is 40.8. The van der Waals surface area contributed by atoms with Gasteiger partial charge in [0.05, 0.1) is 38.6 Å². The van der Waals surface area contributed by atoms with Crippen molar-refractivity contribution in [1.29, 1.82) is 0 Å². The molecule has 0 spiro atoms. The van der Waals surface area contributed by atoms with Crippen molar-refractivity contribution in [3.63, 3.8) is 0 Å². The van der Waals surface area contributed by atoms with E-state index in [2.05, 4.69) is 120 Å². The van der Waals surface area contributed by atoms with Gasteiger partial charge in [0, 0.05) is 6.42 Å². The van der Waals surface area contributed by atoms with Crippen LogP contribution in [0.25, 0.3) is 0 Å². The molecule has 4 fully saturated rings. The minimum absolute atomic E-state index is 0.134. The molecule has 59 heavy (non-hydrogen) atoms. The Morgan fingerprint density at radius 1 is 0.712 bits per heavy atom. The Bertz CT molecular complexity index is 1760.